The van der Waals surface area contributed by atoms with Gasteiger partial charge in [0, 0.05) is 24.4 Å². The van der Waals surface area contributed by atoms with Crippen molar-refractivity contribution in [3.05, 3.63) is 29.8 Å². The van der Waals surface area contributed by atoms with Crippen LogP contribution in [-0.4, -0.2) is 40.6 Å². The third-order valence-electron chi connectivity index (χ3n) is 3.03. The second kappa shape index (κ2) is 4.05. The maximum absolute atomic E-state index is 11.1. The highest BCUT2D eigenvalue weighted by Crippen LogP contribution is 2.26. The van der Waals surface area contributed by atoms with Crippen molar-refractivity contribution in [1.29, 1.82) is 0 Å². The molecule has 3 aromatic heterocycles. The van der Waals surface area contributed by atoms with Gasteiger partial charge in [-0.3, -0.25) is 4.68 Å². The molecule has 0 saturated heterocycles. The number of carbonyl (C=O) groups is 1. The number of aromatic carboxylic acids is 1. The number of carboxylic acid groups (broad SMARTS) is 1. The highest BCUT2D eigenvalue weighted by Gasteiger charge is 2.19. The summed E-state index contributed by atoms with van der Waals surface area (Å²) in [5.41, 5.74) is 1.72. The van der Waals surface area contributed by atoms with Gasteiger partial charge in [0.25, 0.3) is 0 Å². The first kappa shape index (κ1) is 12.2. The highest BCUT2D eigenvalue weighted by molar-refractivity contribution is 5.90. The first-order chi connectivity index (χ1) is 9.47. The van der Waals surface area contributed by atoms with E-state index in [2.05, 4.69) is 15.2 Å². The molecule has 0 radical (unpaired) electrons. The predicted molar refractivity (Wildman–Crippen MR) is 68.6 cm³/mol. The topological polar surface area (TPSA) is 106 Å². The van der Waals surface area contributed by atoms with Gasteiger partial charge in [0.05, 0.1) is 18.1 Å². The lowest BCUT2D eigenvalue weighted by atomic mass is 10.2. The van der Waals surface area contributed by atoms with Crippen molar-refractivity contribution in [3.63, 3.8) is 0 Å². The SMILES string of the molecule is Cc1c(C(=O)O)nn2cc(-c3cnn(C)c3)nc(O)c12. The van der Waals surface area contributed by atoms with Crippen molar-refractivity contribution in [1.82, 2.24) is 24.4 Å². The Bertz CT molecular complexity index is 833. The fourth-order valence-corrected chi connectivity index (χ4v) is 2.09. The second-order valence-electron chi connectivity index (χ2n) is 4.42. The summed E-state index contributed by atoms with van der Waals surface area (Å²) in [4.78, 5) is 15.1. The Kier molecular flexibility index (Phi) is 2.46. The Morgan fingerprint density at radius 1 is 1.35 bits per heavy atom. The molecule has 3 aromatic rings. The zero-order valence-corrected chi connectivity index (χ0v) is 10.8. The van der Waals surface area contributed by atoms with Crippen LogP contribution in [0.15, 0.2) is 18.6 Å². The summed E-state index contributed by atoms with van der Waals surface area (Å²) in [7, 11) is 1.77. The molecular weight excluding hydrogens is 262 g/mol. The molecule has 0 amide bonds. The smallest absolute Gasteiger partial charge is 0.356 e. The summed E-state index contributed by atoms with van der Waals surface area (Å²) in [5, 5.41) is 27.0. The summed E-state index contributed by atoms with van der Waals surface area (Å²) in [6, 6.07) is 0. The number of aryl methyl sites for hydroxylation is 2. The van der Waals surface area contributed by atoms with Gasteiger partial charge in [-0.15, -0.1) is 0 Å². The molecule has 0 unspecified atom stereocenters. The zero-order valence-electron chi connectivity index (χ0n) is 10.8. The molecule has 0 aromatic carbocycles. The fourth-order valence-electron chi connectivity index (χ4n) is 2.09. The van der Waals surface area contributed by atoms with Gasteiger partial charge >= 0.3 is 5.97 Å². The molecule has 102 valence electrons. The molecule has 0 atom stereocenters. The second-order valence-corrected chi connectivity index (χ2v) is 4.42. The molecule has 20 heavy (non-hydrogen) atoms. The molecule has 0 aliphatic heterocycles. The standard InChI is InChI=1S/C12H11N5O3/c1-6-9(12(19)20)15-17-5-8(14-11(18)10(6)17)7-3-13-16(2)4-7/h3-5H,1-2H3,(H,14,18)(H,19,20). The molecule has 3 rings (SSSR count). The summed E-state index contributed by atoms with van der Waals surface area (Å²) in [6.07, 6.45) is 4.90. The Morgan fingerprint density at radius 3 is 2.70 bits per heavy atom. The third kappa shape index (κ3) is 1.69. The lowest BCUT2D eigenvalue weighted by molar-refractivity contribution is 0.0689. The van der Waals surface area contributed by atoms with E-state index in [1.165, 1.54) is 4.52 Å². The van der Waals surface area contributed by atoms with Crippen LogP contribution in [0.3, 0.4) is 0 Å². The molecule has 0 bridgehead atoms. The maximum Gasteiger partial charge on any atom is 0.356 e. The van der Waals surface area contributed by atoms with Gasteiger partial charge in [-0.1, -0.05) is 0 Å². The summed E-state index contributed by atoms with van der Waals surface area (Å²) in [6.45, 7) is 1.58. The normalized spacial score (nSPS) is 11.1. The summed E-state index contributed by atoms with van der Waals surface area (Å²) >= 11 is 0. The summed E-state index contributed by atoms with van der Waals surface area (Å²) < 4.78 is 2.93. The van der Waals surface area contributed by atoms with Crippen molar-refractivity contribution >= 4 is 11.5 Å². The van der Waals surface area contributed by atoms with Gasteiger partial charge in [0.1, 0.15) is 5.52 Å². The van der Waals surface area contributed by atoms with Crippen LogP contribution in [0.25, 0.3) is 16.8 Å². The number of rotatable bonds is 2. The predicted octanol–water partition coefficient (Wildman–Crippen LogP) is 0.842. The fraction of sp³-hybridized carbons (Fsp3) is 0.167. The van der Waals surface area contributed by atoms with Crippen LogP contribution in [0.5, 0.6) is 5.88 Å². The van der Waals surface area contributed by atoms with Crippen LogP contribution in [0.4, 0.5) is 0 Å². The monoisotopic (exact) mass is 273 g/mol. The van der Waals surface area contributed by atoms with Crippen LogP contribution in [0.2, 0.25) is 0 Å². The average molecular weight is 273 g/mol. The van der Waals surface area contributed by atoms with Crippen molar-refractivity contribution < 1.29 is 15.0 Å². The summed E-state index contributed by atoms with van der Waals surface area (Å²) in [5.74, 6) is -1.41. The molecule has 3 heterocycles. The minimum Gasteiger partial charge on any atom is -0.492 e. The number of hydrogen-bond donors (Lipinski definition) is 2. The van der Waals surface area contributed by atoms with E-state index in [1.54, 1.807) is 37.2 Å². The van der Waals surface area contributed by atoms with Gasteiger partial charge in [-0.2, -0.15) is 10.2 Å². The van der Waals surface area contributed by atoms with E-state index in [9.17, 15) is 9.90 Å². The van der Waals surface area contributed by atoms with Gasteiger partial charge in [0.2, 0.25) is 5.88 Å². The van der Waals surface area contributed by atoms with Crippen LogP contribution < -0.4 is 0 Å². The molecule has 2 N–H and O–H groups in total. The lowest BCUT2D eigenvalue weighted by Gasteiger charge is -2.01. The number of aromatic hydroxyl groups is 1. The van der Waals surface area contributed by atoms with E-state index in [0.717, 1.165) is 0 Å². The van der Waals surface area contributed by atoms with E-state index in [0.29, 0.717) is 16.8 Å². The van der Waals surface area contributed by atoms with Crippen molar-refractivity contribution in [3.8, 4) is 17.1 Å². The highest BCUT2D eigenvalue weighted by atomic mass is 16.4. The van der Waals surface area contributed by atoms with Gasteiger partial charge in [0.15, 0.2) is 5.69 Å². The van der Waals surface area contributed by atoms with Crippen LogP contribution in [0, 0.1) is 6.92 Å². The van der Waals surface area contributed by atoms with E-state index >= 15 is 0 Å². The Labute approximate surface area is 112 Å². The molecule has 0 aliphatic rings. The lowest BCUT2D eigenvalue weighted by Crippen LogP contribution is -1.99. The maximum atomic E-state index is 11.1. The minimum absolute atomic E-state index is 0.106. The van der Waals surface area contributed by atoms with Crippen molar-refractivity contribution in [2.24, 2.45) is 7.05 Å². The first-order valence-corrected chi connectivity index (χ1v) is 5.78. The number of aromatic nitrogens is 5. The van der Waals surface area contributed by atoms with E-state index in [-0.39, 0.29) is 17.1 Å². The number of nitrogens with zero attached hydrogens (tertiary/aromatic N) is 5. The Balaban J connectivity index is 2.27. The van der Waals surface area contributed by atoms with E-state index in [1.807, 2.05) is 0 Å². The minimum atomic E-state index is -1.14. The van der Waals surface area contributed by atoms with Gasteiger partial charge < -0.3 is 10.2 Å². The number of fused-ring (bicyclic) bond motifs is 1. The largest absolute Gasteiger partial charge is 0.492 e. The molecule has 8 nitrogen and oxygen atoms in total. The van der Waals surface area contributed by atoms with E-state index < -0.39 is 5.97 Å². The van der Waals surface area contributed by atoms with Crippen molar-refractivity contribution in [2.75, 3.05) is 0 Å². The van der Waals surface area contributed by atoms with Crippen LogP contribution in [0.1, 0.15) is 16.1 Å². The first-order valence-electron chi connectivity index (χ1n) is 5.78. The van der Waals surface area contributed by atoms with E-state index in [4.69, 9.17) is 5.11 Å². The number of hydrogen-bond acceptors (Lipinski definition) is 5. The Hall–Kier alpha value is -2.90. The van der Waals surface area contributed by atoms with Crippen LogP contribution >= 0.6 is 0 Å². The molecule has 0 saturated carbocycles. The molecule has 8 heteroatoms. The number of carboxylic acids is 1. The third-order valence-corrected chi connectivity index (χ3v) is 3.03. The molecule has 0 aliphatic carbocycles. The molecule has 0 spiro atoms. The van der Waals surface area contributed by atoms with Gasteiger partial charge in [-0.05, 0) is 6.92 Å². The quantitative estimate of drug-likeness (QED) is 0.716. The molecular formula is C12H11N5O3. The van der Waals surface area contributed by atoms with Crippen LogP contribution in [-0.2, 0) is 7.05 Å². The average Bonchev–Trinajstić information content (AvgIpc) is 2.94. The van der Waals surface area contributed by atoms with Gasteiger partial charge in [-0.25, -0.2) is 14.3 Å². The zero-order chi connectivity index (χ0) is 14.4. The van der Waals surface area contributed by atoms with Crippen molar-refractivity contribution in [2.45, 2.75) is 6.92 Å². The Morgan fingerprint density at radius 2 is 2.10 bits per heavy atom. The molecule has 0 fully saturated rings.